The highest BCUT2D eigenvalue weighted by Crippen LogP contribution is 2.67. The van der Waals surface area contributed by atoms with Crippen LogP contribution in [0, 0.1) is 5.82 Å². The van der Waals surface area contributed by atoms with E-state index >= 15 is 0 Å². The molecule has 2 aromatic rings. The van der Waals surface area contributed by atoms with Crippen molar-refractivity contribution in [2.24, 2.45) is 5.73 Å². The zero-order valence-corrected chi connectivity index (χ0v) is 15.1. The molecule has 3 aliphatic rings. The Morgan fingerprint density at radius 3 is 2.70 bits per heavy atom. The van der Waals surface area contributed by atoms with Gasteiger partial charge >= 0.3 is 0 Å². The second kappa shape index (κ2) is 6.20. The fourth-order valence-corrected chi connectivity index (χ4v) is 4.36. The molecule has 0 atom stereocenters. The minimum Gasteiger partial charge on any atom is -0.484 e. The van der Waals surface area contributed by atoms with E-state index in [1.54, 1.807) is 18.3 Å². The Morgan fingerprint density at radius 1 is 1.30 bits per heavy atom. The van der Waals surface area contributed by atoms with Gasteiger partial charge in [-0.2, -0.15) is 0 Å². The lowest BCUT2D eigenvalue weighted by Gasteiger charge is -2.70. The molecule has 1 aromatic heterocycles. The summed E-state index contributed by atoms with van der Waals surface area (Å²) in [5, 5.41) is 2.97. The van der Waals surface area contributed by atoms with E-state index in [0.717, 1.165) is 6.07 Å². The molecular weight excluding hydrogens is 373 g/mol. The van der Waals surface area contributed by atoms with E-state index in [-0.39, 0.29) is 34.2 Å². The van der Waals surface area contributed by atoms with Crippen LogP contribution in [-0.4, -0.2) is 28.9 Å². The number of ether oxygens (including phenoxy) is 1. The molecule has 0 spiro atoms. The number of benzene rings is 1. The zero-order chi connectivity index (χ0) is 19.2. The standard InChI is InChI=1S/C19H17ClFN3O3/c20-13-4-3-11(6-14(13)21)27-7-15(25)24-19-8-18(9-19,10-19)16-12(17(22)26)2-1-5-23-16/h1-6H,7-10H2,(H2,22,26)(H,24,25). The van der Waals surface area contributed by atoms with E-state index in [1.165, 1.54) is 12.1 Å². The van der Waals surface area contributed by atoms with Crippen LogP contribution >= 0.6 is 11.6 Å². The molecule has 6 nitrogen and oxygen atoms in total. The summed E-state index contributed by atoms with van der Waals surface area (Å²) in [6.45, 7) is -0.216. The van der Waals surface area contributed by atoms with Gasteiger partial charge in [0.25, 0.3) is 11.8 Å². The van der Waals surface area contributed by atoms with Crippen molar-refractivity contribution < 1.29 is 18.7 Å². The number of pyridine rings is 1. The Balaban J connectivity index is 1.34. The van der Waals surface area contributed by atoms with Crippen LogP contribution in [-0.2, 0) is 10.2 Å². The molecule has 0 aliphatic heterocycles. The second-order valence-electron chi connectivity index (χ2n) is 7.27. The summed E-state index contributed by atoms with van der Waals surface area (Å²) in [6, 6.07) is 7.37. The van der Waals surface area contributed by atoms with Crippen molar-refractivity contribution in [2.45, 2.75) is 30.2 Å². The van der Waals surface area contributed by atoms with Gasteiger partial charge in [-0.3, -0.25) is 14.6 Å². The number of primary amides is 1. The predicted octanol–water partition coefficient (Wildman–Crippen LogP) is 2.34. The number of nitrogens with two attached hydrogens (primary N) is 1. The maximum Gasteiger partial charge on any atom is 0.258 e. The van der Waals surface area contributed by atoms with Crippen LogP contribution in [0.5, 0.6) is 5.75 Å². The van der Waals surface area contributed by atoms with Crippen molar-refractivity contribution in [1.29, 1.82) is 0 Å². The lowest BCUT2D eigenvalue weighted by Crippen LogP contribution is -2.77. The van der Waals surface area contributed by atoms with Gasteiger partial charge in [0.05, 0.1) is 16.3 Å². The van der Waals surface area contributed by atoms with Gasteiger partial charge in [-0.05, 0) is 43.5 Å². The van der Waals surface area contributed by atoms with Gasteiger partial charge < -0.3 is 15.8 Å². The van der Waals surface area contributed by atoms with Gasteiger partial charge in [0.2, 0.25) is 0 Å². The highest BCUT2D eigenvalue weighted by atomic mass is 35.5. The van der Waals surface area contributed by atoms with Crippen molar-refractivity contribution >= 4 is 23.4 Å². The van der Waals surface area contributed by atoms with Crippen LogP contribution in [0.1, 0.15) is 35.3 Å². The van der Waals surface area contributed by atoms with Crippen molar-refractivity contribution in [3.63, 3.8) is 0 Å². The number of carbonyl (C=O) groups excluding carboxylic acids is 2. The number of hydrogen-bond donors (Lipinski definition) is 2. The number of halogens is 2. The van der Waals surface area contributed by atoms with Crippen LogP contribution in [0.3, 0.4) is 0 Å². The van der Waals surface area contributed by atoms with E-state index < -0.39 is 11.7 Å². The first kappa shape index (κ1) is 17.7. The molecule has 2 amide bonds. The van der Waals surface area contributed by atoms with Crippen molar-refractivity contribution in [3.8, 4) is 5.75 Å². The highest BCUT2D eigenvalue weighted by Gasteiger charge is 2.70. The Kier molecular flexibility index (Phi) is 4.07. The topological polar surface area (TPSA) is 94.3 Å². The third-order valence-corrected chi connectivity index (χ3v) is 5.58. The zero-order valence-electron chi connectivity index (χ0n) is 14.3. The summed E-state index contributed by atoms with van der Waals surface area (Å²) in [6.07, 6.45) is 3.77. The van der Waals surface area contributed by atoms with Crippen molar-refractivity contribution in [3.05, 3.63) is 58.6 Å². The summed E-state index contributed by atoms with van der Waals surface area (Å²) in [7, 11) is 0. The first-order valence-corrected chi connectivity index (χ1v) is 8.85. The smallest absolute Gasteiger partial charge is 0.258 e. The van der Waals surface area contributed by atoms with Crippen LogP contribution < -0.4 is 15.8 Å². The van der Waals surface area contributed by atoms with Gasteiger partial charge in [-0.25, -0.2) is 4.39 Å². The fraction of sp³-hybridized carbons (Fsp3) is 0.316. The third-order valence-electron chi connectivity index (χ3n) is 5.27. The Labute approximate surface area is 159 Å². The number of hydrogen-bond acceptors (Lipinski definition) is 4. The molecule has 2 bridgehead atoms. The molecule has 3 fully saturated rings. The molecule has 1 heterocycles. The molecule has 140 valence electrons. The highest BCUT2D eigenvalue weighted by molar-refractivity contribution is 6.30. The van der Waals surface area contributed by atoms with Crippen molar-refractivity contribution in [2.75, 3.05) is 6.61 Å². The van der Waals surface area contributed by atoms with Gasteiger partial charge in [0, 0.05) is 23.2 Å². The normalized spacial score (nSPS) is 25.1. The van der Waals surface area contributed by atoms with Gasteiger partial charge in [0.1, 0.15) is 11.6 Å². The SMILES string of the molecule is NC(=O)c1cccnc1C12CC(NC(=O)COc3ccc(Cl)c(F)c3)(C1)C2. The van der Waals surface area contributed by atoms with E-state index in [0.29, 0.717) is 30.5 Å². The third kappa shape index (κ3) is 3.02. The molecule has 3 N–H and O–H groups in total. The first-order valence-electron chi connectivity index (χ1n) is 8.47. The number of nitrogens with zero attached hydrogens (tertiary/aromatic N) is 1. The quantitative estimate of drug-likeness (QED) is 0.792. The van der Waals surface area contributed by atoms with Crippen LogP contribution in [0.4, 0.5) is 4.39 Å². The van der Waals surface area contributed by atoms with Gasteiger partial charge in [0.15, 0.2) is 6.61 Å². The lowest BCUT2D eigenvalue weighted by molar-refractivity contribution is -0.140. The number of amides is 2. The number of carbonyl (C=O) groups is 2. The van der Waals surface area contributed by atoms with Crippen LogP contribution in [0.15, 0.2) is 36.5 Å². The maximum absolute atomic E-state index is 13.4. The number of nitrogens with one attached hydrogen (secondary N) is 1. The molecule has 5 rings (SSSR count). The minimum absolute atomic E-state index is 0.00387. The second-order valence-corrected chi connectivity index (χ2v) is 7.67. The lowest BCUT2D eigenvalue weighted by atomic mass is 9.38. The average Bonchev–Trinajstić information content (AvgIpc) is 2.58. The Hall–Kier alpha value is -2.67. The van der Waals surface area contributed by atoms with E-state index in [9.17, 15) is 14.0 Å². The fourth-order valence-electron chi connectivity index (χ4n) is 4.25. The Morgan fingerprint density at radius 2 is 2.04 bits per heavy atom. The molecular formula is C19H17ClFN3O3. The molecule has 3 saturated carbocycles. The molecule has 0 radical (unpaired) electrons. The first-order chi connectivity index (χ1) is 12.8. The molecule has 1 aromatic carbocycles. The summed E-state index contributed by atoms with van der Waals surface area (Å²) >= 11 is 5.61. The molecule has 3 aliphatic carbocycles. The predicted molar refractivity (Wildman–Crippen MR) is 96.1 cm³/mol. The Bertz CT molecular complexity index is 930. The monoisotopic (exact) mass is 389 g/mol. The van der Waals surface area contributed by atoms with E-state index in [2.05, 4.69) is 10.3 Å². The van der Waals surface area contributed by atoms with Gasteiger partial charge in [-0.1, -0.05) is 11.6 Å². The maximum atomic E-state index is 13.4. The summed E-state index contributed by atoms with van der Waals surface area (Å²) in [4.78, 5) is 28.1. The molecule has 0 unspecified atom stereocenters. The summed E-state index contributed by atoms with van der Waals surface area (Å²) in [5.41, 5.74) is 6.09. The number of aromatic nitrogens is 1. The van der Waals surface area contributed by atoms with Crippen LogP contribution in [0.25, 0.3) is 0 Å². The summed E-state index contributed by atoms with van der Waals surface area (Å²) in [5.74, 6) is -1.14. The average molecular weight is 390 g/mol. The molecule has 27 heavy (non-hydrogen) atoms. The molecule has 0 saturated heterocycles. The van der Waals surface area contributed by atoms with E-state index in [1.807, 2.05) is 0 Å². The van der Waals surface area contributed by atoms with Crippen molar-refractivity contribution in [1.82, 2.24) is 10.3 Å². The number of rotatable bonds is 6. The molecule has 8 heteroatoms. The minimum atomic E-state index is -0.600. The summed E-state index contributed by atoms with van der Waals surface area (Å²) < 4.78 is 18.7. The largest absolute Gasteiger partial charge is 0.484 e. The van der Waals surface area contributed by atoms with E-state index in [4.69, 9.17) is 22.1 Å². The van der Waals surface area contributed by atoms with Crippen LogP contribution in [0.2, 0.25) is 5.02 Å². The van der Waals surface area contributed by atoms with Gasteiger partial charge in [-0.15, -0.1) is 0 Å².